The molecule has 4 rings (SSSR count). The van der Waals surface area contributed by atoms with E-state index in [2.05, 4.69) is 0 Å². The highest BCUT2D eigenvalue weighted by atomic mass is 19.1. The Hall–Kier alpha value is -2.73. The van der Waals surface area contributed by atoms with Crippen LogP contribution in [0.4, 0.5) is 4.39 Å². The molecule has 6 heteroatoms. The molecule has 0 saturated carbocycles. The number of carbonyl (C=O) groups is 2. The molecule has 1 saturated heterocycles. The van der Waals surface area contributed by atoms with Crippen molar-refractivity contribution in [1.29, 1.82) is 0 Å². The van der Waals surface area contributed by atoms with Crippen molar-refractivity contribution in [2.24, 2.45) is 5.41 Å². The van der Waals surface area contributed by atoms with Crippen LogP contribution in [0.5, 0.6) is 0 Å². The summed E-state index contributed by atoms with van der Waals surface area (Å²) in [5.41, 5.74) is 5.14. The van der Waals surface area contributed by atoms with Gasteiger partial charge in [-0.2, -0.15) is 0 Å². The molecule has 0 aromatic heterocycles. The monoisotopic (exact) mass is 368 g/mol. The van der Waals surface area contributed by atoms with E-state index in [0.29, 0.717) is 25.1 Å². The van der Waals surface area contributed by atoms with Gasteiger partial charge in [-0.1, -0.05) is 18.2 Å². The standard InChI is InChI=1S/C21H21FN2O3/c22-18-5-1-14(2-6-18)12-24-13-21(11-19(24)25)8-7-15-3-4-16(20(26)23-27)9-17(15)10-21/h1-6,9,27H,7-8,10-13H2,(H,23,26)/t21-/m1/s1. The molecule has 2 N–H and O–H groups in total. The molecule has 1 spiro atoms. The molecule has 2 amide bonds. The minimum absolute atomic E-state index is 0.118. The first-order valence-corrected chi connectivity index (χ1v) is 9.06. The maximum Gasteiger partial charge on any atom is 0.274 e. The summed E-state index contributed by atoms with van der Waals surface area (Å²) in [7, 11) is 0. The van der Waals surface area contributed by atoms with Crippen LogP contribution in [-0.2, 0) is 24.2 Å². The van der Waals surface area contributed by atoms with Crippen LogP contribution in [0.15, 0.2) is 42.5 Å². The van der Waals surface area contributed by atoms with E-state index in [1.54, 1.807) is 23.7 Å². The van der Waals surface area contributed by atoms with Crippen molar-refractivity contribution < 1.29 is 19.2 Å². The van der Waals surface area contributed by atoms with Crippen molar-refractivity contribution >= 4 is 11.8 Å². The molecule has 2 aromatic carbocycles. The van der Waals surface area contributed by atoms with Crippen molar-refractivity contribution in [1.82, 2.24) is 10.4 Å². The Labute approximate surface area is 156 Å². The fraction of sp³-hybridized carbons (Fsp3) is 0.333. The lowest BCUT2D eigenvalue weighted by Crippen LogP contribution is -2.33. The molecule has 140 valence electrons. The van der Waals surface area contributed by atoms with Gasteiger partial charge in [0, 0.05) is 30.5 Å². The average Bonchev–Trinajstić information content (AvgIpc) is 2.96. The number of hydroxylamine groups is 1. The van der Waals surface area contributed by atoms with Crippen molar-refractivity contribution in [2.45, 2.75) is 32.2 Å². The third kappa shape index (κ3) is 3.45. The summed E-state index contributed by atoms with van der Waals surface area (Å²) in [4.78, 5) is 26.1. The second-order valence-corrected chi connectivity index (χ2v) is 7.65. The molecule has 0 bridgehead atoms. The zero-order valence-corrected chi connectivity index (χ0v) is 14.9. The summed E-state index contributed by atoms with van der Waals surface area (Å²) < 4.78 is 13.1. The van der Waals surface area contributed by atoms with Crippen molar-refractivity contribution in [2.75, 3.05) is 6.54 Å². The maximum absolute atomic E-state index is 13.1. The SMILES string of the molecule is O=C(NO)c1ccc2c(c1)C[C@]1(CC2)CC(=O)N(Cc2ccc(F)cc2)C1. The molecule has 1 fully saturated rings. The van der Waals surface area contributed by atoms with E-state index in [1.165, 1.54) is 17.7 Å². The van der Waals surface area contributed by atoms with Gasteiger partial charge in [0.05, 0.1) is 0 Å². The third-order valence-electron chi connectivity index (χ3n) is 5.75. The van der Waals surface area contributed by atoms with E-state index < -0.39 is 5.91 Å². The van der Waals surface area contributed by atoms with Gasteiger partial charge in [-0.3, -0.25) is 14.8 Å². The van der Waals surface area contributed by atoms with Crippen LogP contribution in [0, 0.1) is 11.2 Å². The van der Waals surface area contributed by atoms with Gasteiger partial charge in [0.2, 0.25) is 5.91 Å². The van der Waals surface area contributed by atoms with Gasteiger partial charge in [0.15, 0.2) is 0 Å². The number of hydrogen-bond acceptors (Lipinski definition) is 3. The molecular weight excluding hydrogens is 347 g/mol. The zero-order chi connectivity index (χ0) is 19.0. The van der Waals surface area contributed by atoms with E-state index >= 15 is 0 Å². The molecule has 1 atom stereocenters. The largest absolute Gasteiger partial charge is 0.338 e. The summed E-state index contributed by atoms with van der Waals surface area (Å²) in [6, 6.07) is 11.7. The molecule has 2 aromatic rings. The van der Waals surface area contributed by atoms with E-state index in [1.807, 2.05) is 17.0 Å². The molecule has 2 aliphatic rings. The predicted octanol–water partition coefficient (Wildman–Crippen LogP) is 2.85. The summed E-state index contributed by atoms with van der Waals surface area (Å²) in [5, 5.41) is 8.85. The van der Waals surface area contributed by atoms with E-state index in [4.69, 9.17) is 5.21 Å². The zero-order valence-electron chi connectivity index (χ0n) is 14.9. The van der Waals surface area contributed by atoms with Crippen molar-refractivity contribution in [3.8, 4) is 0 Å². The highest BCUT2D eigenvalue weighted by Gasteiger charge is 2.44. The fourth-order valence-electron chi connectivity index (χ4n) is 4.35. The smallest absolute Gasteiger partial charge is 0.274 e. The number of likely N-dealkylation sites (tertiary alicyclic amines) is 1. The van der Waals surface area contributed by atoms with Crippen LogP contribution in [0.2, 0.25) is 0 Å². The van der Waals surface area contributed by atoms with Gasteiger partial charge < -0.3 is 4.90 Å². The van der Waals surface area contributed by atoms with Gasteiger partial charge in [0.25, 0.3) is 5.91 Å². The van der Waals surface area contributed by atoms with Gasteiger partial charge >= 0.3 is 0 Å². The predicted molar refractivity (Wildman–Crippen MR) is 96.6 cm³/mol. The van der Waals surface area contributed by atoms with Gasteiger partial charge in [-0.25, -0.2) is 9.87 Å². The van der Waals surface area contributed by atoms with Gasteiger partial charge in [-0.05, 0) is 60.2 Å². The number of carbonyl (C=O) groups excluding carboxylic acids is 2. The summed E-state index contributed by atoms with van der Waals surface area (Å²) in [5.74, 6) is -0.695. The summed E-state index contributed by atoms with van der Waals surface area (Å²) >= 11 is 0. The molecule has 0 radical (unpaired) electrons. The Morgan fingerprint density at radius 2 is 1.93 bits per heavy atom. The number of aryl methyl sites for hydroxylation is 1. The first-order valence-electron chi connectivity index (χ1n) is 9.06. The number of hydrogen-bond donors (Lipinski definition) is 2. The topological polar surface area (TPSA) is 69.6 Å². The van der Waals surface area contributed by atoms with Crippen molar-refractivity contribution in [3.05, 3.63) is 70.5 Å². The number of rotatable bonds is 3. The average molecular weight is 368 g/mol. The molecule has 1 aliphatic carbocycles. The minimum atomic E-state index is -0.530. The van der Waals surface area contributed by atoms with E-state index in [9.17, 15) is 14.0 Å². The first-order chi connectivity index (χ1) is 13.0. The second-order valence-electron chi connectivity index (χ2n) is 7.65. The number of halogens is 1. The summed E-state index contributed by atoms with van der Waals surface area (Å²) in [6.07, 6.45) is 3.02. The Morgan fingerprint density at radius 1 is 1.15 bits per heavy atom. The van der Waals surface area contributed by atoms with Crippen LogP contribution in [0.1, 0.15) is 39.9 Å². The highest BCUT2D eigenvalue weighted by Crippen LogP contribution is 2.43. The number of fused-ring (bicyclic) bond motifs is 1. The van der Waals surface area contributed by atoms with E-state index in [0.717, 1.165) is 30.4 Å². The molecule has 1 aliphatic heterocycles. The normalized spacial score (nSPS) is 21.4. The van der Waals surface area contributed by atoms with Crippen LogP contribution in [-0.4, -0.2) is 28.5 Å². The van der Waals surface area contributed by atoms with Crippen LogP contribution in [0.3, 0.4) is 0 Å². The number of benzene rings is 2. The fourth-order valence-corrected chi connectivity index (χ4v) is 4.35. The van der Waals surface area contributed by atoms with E-state index in [-0.39, 0.29) is 17.1 Å². The lowest BCUT2D eigenvalue weighted by Gasteiger charge is -2.34. The Bertz CT molecular complexity index is 897. The summed E-state index contributed by atoms with van der Waals surface area (Å²) in [6.45, 7) is 1.15. The molecule has 5 nitrogen and oxygen atoms in total. The Morgan fingerprint density at radius 3 is 2.67 bits per heavy atom. The molecule has 1 heterocycles. The van der Waals surface area contributed by atoms with Crippen molar-refractivity contribution in [3.63, 3.8) is 0 Å². The van der Waals surface area contributed by atoms with Crippen LogP contribution in [0.25, 0.3) is 0 Å². The second kappa shape index (κ2) is 6.78. The van der Waals surface area contributed by atoms with Crippen LogP contribution < -0.4 is 5.48 Å². The van der Waals surface area contributed by atoms with Gasteiger partial charge in [0.1, 0.15) is 5.82 Å². The number of amides is 2. The lowest BCUT2D eigenvalue weighted by molar-refractivity contribution is -0.128. The number of nitrogens with one attached hydrogen (secondary N) is 1. The highest BCUT2D eigenvalue weighted by molar-refractivity contribution is 5.93. The van der Waals surface area contributed by atoms with Gasteiger partial charge in [-0.15, -0.1) is 0 Å². The molecule has 0 unspecified atom stereocenters. The maximum atomic E-state index is 13.1. The Balaban J connectivity index is 1.52. The lowest BCUT2D eigenvalue weighted by atomic mass is 9.70. The minimum Gasteiger partial charge on any atom is -0.338 e. The first kappa shape index (κ1) is 17.7. The quantitative estimate of drug-likeness (QED) is 0.647. The Kier molecular flexibility index (Phi) is 4.44. The van der Waals surface area contributed by atoms with Crippen LogP contribution >= 0.6 is 0 Å². The number of nitrogens with zero attached hydrogens (tertiary/aromatic N) is 1. The molecular formula is C21H21FN2O3. The molecule has 27 heavy (non-hydrogen) atoms. The third-order valence-corrected chi connectivity index (χ3v) is 5.75.